The van der Waals surface area contributed by atoms with Crippen molar-refractivity contribution >= 4 is 27.2 Å². The minimum absolute atomic E-state index is 1.09. The van der Waals surface area contributed by atoms with Crippen LogP contribution in [0.3, 0.4) is 0 Å². The molecule has 0 spiro atoms. The Morgan fingerprint density at radius 2 is 1.93 bits per heavy atom. The van der Waals surface area contributed by atoms with Crippen LogP contribution in [0.5, 0.6) is 0 Å². The number of fused-ring (bicyclic) bond motifs is 1. The van der Waals surface area contributed by atoms with E-state index in [9.17, 15) is 0 Å². The summed E-state index contributed by atoms with van der Waals surface area (Å²) >= 11 is 1.69. The zero-order valence-electron chi connectivity index (χ0n) is 9.11. The average Bonchev–Trinajstić information content (AvgIpc) is 2.67. The predicted molar refractivity (Wildman–Crippen MR) is 65.3 cm³/mol. The van der Waals surface area contributed by atoms with Gasteiger partial charge in [0.15, 0.2) is 0 Å². The highest BCUT2D eigenvalue weighted by molar-refractivity contribution is 7.17. The first-order valence-corrected chi connectivity index (χ1v) is 5.66. The van der Waals surface area contributed by atoms with Gasteiger partial charge in [-0.25, -0.2) is 4.98 Å². The first-order valence-electron chi connectivity index (χ1n) is 4.78. The molecule has 0 unspecified atom stereocenters. The van der Waals surface area contributed by atoms with Gasteiger partial charge in [0.05, 0.1) is 21.4 Å². The zero-order chi connectivity index (χ0) is 10.6. The lowest BCUT2D eigenvalue weighted by Crippen LogP contribution is -2.08. The van der Waals surface area contributed by atoms with Crippen molar-refractivity contribution < 1.29 is 0 Å². The van der Waals surface area contributed by atoms with Crippen LogP contribution in [-0.4, -0.2) is 19.1 Å². The molecule has 0 aliphatic heterocycles. The highest BCUT2D eigenvalue weighted by Crippen LogP contribution is 2.27. The second kappa shape index (κ2) is 4.96. The summed E-state index contributed by atoms with van der Waals surface area (Å²) in [5, 5.41) is 0. The summed E-state index contributed by atoms with van der Waals surface area (Å²) in [4.78, 5) is 6.37. The van der Waals surface area contributed by atoms with Gasteiger partial charge in [-0.2, -0.15) is 0 Å². The largest absolute Gasteiger partial charge is 0.376 e. The molecule has 0 aliphatic rings. The Bertz CT molecular complexity index is 393. The topological polar surface area (TPSA) is 16.1 Å². The van der Waals surface area contributed by atoms with Gasteiger partial charge < -0.3 is 4.90 Å². The number of rotatable bonds is 1. The Balaban J connectivity index is 0.000000461. The average molecular weight is 208 g/mol. The maximum Gasteiger partial charge on any atom is 0.0833 e. The molecule has 0 N–H and O–H groups in total. The molecule has 2 nitrogen and oxygen atoms in total. The van der Waals surface area contributed by atoms with Crippen LogP contribution in [0.25, 0.3) is 10.2 Å². The predicted octanol–water partition coefficient (Wildman–Crippen LogP) is 3.39. The lowest BCUT2D eigenvalue weighted by Gasteiger charge is -2.12. The van der Waals surface area contributed by atoms with E-state index in [4.69, 9.17) is 0 Å². The number of benzene rings is 1. The van der Waals surface area contributed by atoms with E-state index < -0.39 is 0 Å². The number of hydrogen-bond donors (Lipinski definition) is 0. The van der Waals surface area contributed by atoms with Crippen LogP contribution < -0.4 is 4.90 Å². The summed E-state index contributed by atoms with van der Waals surface area (Å²) in [5.74, 6) is 0. The van der Waals surface area contributed by atoms with Crippen molar-refractivity contribution in [2.45, 2.75) is 13.8 Å². The maximum absolute atomic E-state index is 4.25. The Morgan fingerprint density at radius 3 is 2.57 bits per heavy atom. The molecule has 3 heteroatoms. The van der Waals surface area contributed by atoms with Crippen LogP contribution in [0.2, 0.25) is 0 Å². The number of anilines is 1. The molecule has 2 rings (SSSR count). The Hall–Kier alpha value is -1.09. The molecule has 1 heterocycles. The first-order chi connectivity index (χ1) is 6.79. The van der Waals surface area contributed by atoms with Gasteiger partial charge in [0.1, 0.15) is 0 Å². The third-order valence-corrected chi connectivity index (χ3v) is 2.68. The van der Waals surface area contributed by atoms with E-state index in [2.05, 4.69) is 30.0 Å². The van der Waals surface area contributed by atoms with Crippen LogP contribution in [0, 0.1) is 0 Å². The molecular formula is C11H16N2S. The third-order valence-electron chi connectivity index (χ3n) is 1.82. The van der Waals surface area contributed by atoms with E-state index in [1.807, 2.05) is 31.5 Å². The normalized spacial score (nSPS) is 9.43. The monoisotopic (exact) mass is 208 g/mol. The number of aromatic nitrogens is 1. The summed E-state index contributed by atoms with van der Waals surface area (Å²) in [6.07, 6.45) is 0. The van der Waals surface area contributed by atoms with Crippen molar-refractivity contribution in [1.29, 1.82) is 0 Å². The van der Waals surface area contributed by atoms with E-state index in [1.165, 1.54) is 10.4 Å². The SMILES string of the molecule is CC.CN(C)c1cccc2ncsc12. The second-order valence-electron chi connectivity index (χ2n) is 2.87. The third kappa shape index (κ3) is 2.04. The highest BCUT2D eigenvalue weighted by Gasteiger charge is 2.03. The molecule has 1 aromatic heterocycles. The molecule has 0 fully saturated rings. The van der Waals surface area contributed by atoms with E-state index in [0.29, 0.717) is 0 Å². The van der Waals surface area contributed by atoms with Crippen LogP contribution in [-0.2, 0) is 0 Å². The molecule has 0 aliphatic carbocycles. The first kappa shape index (κ1) is 11.0. The lowest BCUT2D eigenvalue weighted by molar-refractivity contribution is 1.14. The van der Waals surface area contributed by atoms with Gasteiger partial charge in [-0.15, -0.1) is 11.3 Å². The molecular weight excluding hydrogens is 192 g/mol. The molecule has 0 saturated heterocycles. The van der Waals surface area contributed by atoms with Gasteiger partial charge in [-0.1, -0.05) is 19.9 Å². The minimum atomic E-state index is 1.09. The summed E-state index contributed by atoms with van der Waals surface area (Å²) < 4.78 is 1.27. The van der Waals surface area contributed by atoms with E-state index in [-0.39, 0.29) is 0 Å². The van der Waals surface area contributed by atoms with E-state index >= 15 is 0 Å². The van der Waals surface area contributed by atoms with Crippen molar-refractivity contribution in [2.75, 3.05) is 19.0 Å². The number of hydrogen-bond acceptors (Lipinski definition) is 3. The van der Waals surface area contributed by atoms with Crippen LogP contribution in [0.1, 0.15) is 13.8 Å². The summed E-state index contributed by atoms with van der Waals surface area (Å²) in [6, 6.07) is 6.19. The number of thiazole rings is 1. The Morgan fingerprint density at radius 1 is 1.21 bits per heavy atom. The van der Waals surface area contributed by atoms with Gasteiger partial charge in [0.2, 0.25) is 0 Å². The van der Waals surface area contributed by atoms with Gasteiger partial charge in [0.25, 0.3) is 0 Å². The minimum Gasteiger partial charge on any atom is -0.376 e. The van der Waals surface area contributed by atoms with Crippen molar-refractivity contribution in [1.82, 2.24) is 4.98 Å². The maximum atomic E-state index is 4.25. The summed E-state index contributed by atoms with van der Waals surface area (Å²) in [6.45, 7) is 4.00. The molecule has 76 valence electrons. The fourth-order valence-corrected chi connectivity index (χ4v) is 2.11. The van der Waals surface area contributed by atoms with Gasteiger partial charge >= 0.3 is 0 Å². The lowest BCUT2D eigenvalue weighted by atomic mass is 10.3. The smallest absolute Gasteiger partial charge is 0.0833 e. The molecule has 0 atom stereocenters. The second-order valence-corrected chi connectivity index (χ2v) is 3.73. The molecule has 0 saturated carbocycles. The fourth-order valence-electron chi connectivity index (χ4n) is 1.22. The van der Waals surface area contributed by atoms with Gasteiger partial charge in [-0.3, -0.25) is 0 Å². The van der Waals surface area contributed by atoms with Gasteiger partial charge in [-0.05, 0) is 12.1 Å². The molecule has 1 aromatic carbocycles. The fraction of sp³-hybridized carbons (Fsp3) is 0.364. The highest BCUT2D eigenvalue weighted by atomic mass is 32.1. The summed E-state index contributed by atoms with van der Waals surface area (Å²) in [7, 11) is 4.10. The molecule has 0 bridgehead atoms. The van der Waals surface area contributed by atoms with E-state index in [1.54, 1.807) is 11.3 Å². The van der Waals surface area contributed by atoms with Crippen LogP contribution >= 0.6 is 11.3 Å². The standard InChI is InChI=1S/C9H10N2S.C2H6/c1-11(2)8-5-3-4-7-9(8)12-6-10-7;1-2/h3-6H,1-2H3;1-2H3. The van der Waals surface area contributed by atoms with Crippen molar-refractivity contribution in [3.63, 3.8) is 0 Å². The molecule has 2 aromatic rings. The van der Waals surface area contributed by atoms with Crippen molar-refractivity contribution in [2.24, 2.45) is 0 Å². The molecule has 0 amide bonds. The number of nitrogens with zero attached hydrogens (tertiary/aromatic N) is 2. The van der Waals surface area contributed by atoms with Gasteiger partial charge in [0, 0.05) is 14.1 Å². The zero-order valence-corrected chi connectivity index (χ0v) is 9.93. The quantitative estimate of drug-likeness (QED) is 0.714. The summed E-state index contributed by atoms with van der Waals surface area (Å²) in [5.41, 5.74) is 4.22. The van der Waals surface area contributed by atoms with Crippen LogP contribution in [0.15, 0.2) is 23.7 Å². The van der Waals surface area contributed by atoms with Crippen molar-refractivity contribution in [3.8, 4) is 0 Å². The molecule has 0 radical (unpaired) electrons. The Labute approximate surface area is 89.2 Å². The Kier molecular flexibility index (Phi) is 3.89. The van der Waals surface area contributed by atoms with Crippen LogP contribution in [0.4, 0.5) is 5.69 Å². The van der Waals surface area contributed by atoms with E-state index in [0.717, 1.165) is 5.52 Å². The van der Waals surface area contributed by atoms with Crippen molar-refractivity contribution in [3.05, 3.63) is 23.7 Å². The molecule has 14 heavy (non-hydrogen) atoms.